The summed E-state index contributed by atoms with van der Waals surface area (Å²) in [7, 11) is 1.24. The molecule has 0 amide bonds. The predicted octanol–water partition coefficient (Wildman–Crippen LogP) is 1.56. The first-order valence-electron chi connectivity index (χ1n) is 4.46. The fourth-order valence-electron chi connectivity index (χ4n) is 0.972. The largest absolute Gasteiger partial charge is 0.468 e. The number of rotatable bonds is 4. The van der Waals surface area contributed by atoms with Crippen molar-refractivity contribution in [2.45, 2.75) is 10.9 Å². The zero-order chi connectivity index (χ0) is 12.1. The van der Waals surface area contributed by atoms with Crippen molar-refractivity contribution in [2.75, 3.05) is 12.9 Å². The summed E-state index contributed by atoms with van der Waals surface area (Å²) >= 11 is 1.16. The number of benzene rings is 1. The van der Waals surface area contributed by atoms with Crippen LogP contribution in [-0.2, 0) is 9.53 Å². The Balaban J connectivity index is 2.55. The van der Waals surface area contributed by atoms with Crippen LogP contribution in [0.5, 0.6) is 0 Å². The van der Waals surface area contributed by atoms with Crippen LogP contribution in [0.4, 0.5) is 8.78 Å². The molecular weight excluding hydrogens is 236 g/mol. The second kappa shape index (κ2) is 5.81. The molecule has 1 rings (SSSR count). The van der Waals surface area contributed by atoms with Crippen LogP contribution in [0.25, 0.3) is 0 Å². The van der Waals surface area contributed by atoms with Crippen molar-refractivity contribution in [3.8, 4) is 0 Å². The molecule has 0 bridgehead atoms. The average molecular weight is 247 g/mol. The Labute approximate surface area is 96.0 Å². The van der Waals surface area contributed by atoms with Crippen LogP contribution < -0.4 is 5.73 Å². The molecule has 0 fully saturated rings. The van der Waals surface area contributed by atoms with Gasteiger partial charge in [-0.2, -0.15) is 0 Å². The molecule has 1 aromatic carbocycles. The van der Waals surface area contributed by atoms with Crippen molar-refractivity contribution >= 4 is 17.7 Å². The van der Waals surface area contributed by atoms with Crippen molar-refractivity contribution in [3.63, 3.8) is 0 Å². The Bertz CT molecular complexity index is 387. The van der Waals surface area contributed by atoms with Gasteiger partial charge in [0.1, 0.15) is 6.04 Å². The summed E-state index contributed by atoms with van der Waals surface area (Å²) < 4.78 is 29.8. The monoisotopic (exact) mass is 247 g/mol. The van der Waals surface area contributed by atoms with E-state index in [-0.39, 0.29) is 5.75 Å². The van der Waals surface area contributed by atoms with Crippen molar-refractivity contribution in [2.24, 2.45) is 5.73 Å². The Morgan fingerprint density at radius 2 is 2.19 bits per heavy atom. The zero-order valence-electron chi connectivity index (χ0n) is 8.57. The molecule has 1 aromatic rings. The highest BCUT2D eigenvalue weighted by atomic mass is 32.2. The minimum atomic E-state index is -0.920. The third-order valence-electron chi connectivity index (χ3n) is 1.82. The van der Waals surface area contributed by atoms with Gasteiger partial charge in [0.15, 0.2) is 11.6 Å². The van der Waals surface area contributed by atoms with Crippen LogP contribution in [-0.4, -0.2) is 24.9 Å². The lowest BCUT2D eigenvalue weighted by Crippen LogP contribution is -2.33. The van der Waals surface area contributed by atoms with E-state index in [2.05, 4.69) is 4.74 Å². The number of carbonyl (C=O) groups excluding carboxylic acids is 1. The van der Waals surface area contributed by atoms with Crippen molar-refractivity contribution in [1.82, 2.24) is 0 Å². The summed E-state index contributed by atoms with van der Waals surface area (Å²) in [5.74, 6) is -2.11. The van der Waals surface area contributed by atoms with Crippen LogP contribution >= 0.6 is 11.8 Å². The van der Waals surface area contributed by atoms with E-state index < -0.39 is 23.6 Å². The lowest BCUT2D eigenvalue weighted by Gasteiger charge is -2.08. The van der Waals surface area contributed by atoms with Gasteiger partial charge in [-0.3, -0.25) is 4.79 Å². The van der Waals surface area contributed by atoms with Crippen LogP contribution in [0.3, 0.4) is 0 Å². The van der Waals surface area contributed by atoms with Gasteiger partial charge in [0.2, 0.25) is 0 Å². The number of ether oxygens (including phenoxy) is 1. The molecular formula is C10H11F2NO2S. The highest BCUT2D eigenvalue weighted by molar-refractivity contribution is 7.99. The topological polar surface area (TPSA) is 52.3 Å². The molecule has 0 aliphatic rings. The molecule has 1 unspecified atom stereocenters. The van der Waals surface area contributed by atoms with Gasteiger partial charge >= 0.3 is 5.97 Å². The minimum Gasteiger partial charge on any atom is -0.468 e. The number of halogens is 2. The lowest BCUT2D eigenvalue weighted by molar-refractivity contribution is -0.141. The smallest absolute Gasteiger partial charge is 0.323 e. The van der Waals surface area contributed by atoms with E-state index in [1.165, 1.54) is 13.2 Å². The summed E-state index contributed by atoms with van der Waals surface area (Å²) in [6.45, 7) is 0. The highest BCUT2D eigenvalue weighted by Crippen LogP contribution is 2.20. The number of hydrogen-bond donors (Lipinski definition) is 1. The van der Waals surface area contributed by atoms with Gasteiger partial charge in [0.05, 0.1) is 7.11 Å². The molecule has 3 nitrogen and oxygen atoms in total. The quantitative estimate of drug-likeness (QED) is 0.648. The van der Waals surface area contributed by atoms with Crippen LogP contribution in [0.1, 0.15) is 0 Å². The molecule has 0 aliphatic carbocycles. The summed E-state index contributed by atoms with van der Waals surface area (Å²) in [5, 5.41) is 0. The maximum atomic E-state index is 12.8. The van der Waals surface area contributed by atoms with E-state index >= 15 is 0 Å². The highest BCUT2D eigenvalue weighted by Gasteiger charge is 2.14. The molecule has 0 aromatic heterocycles. The third kappa shape index (κ3) is 3.46. The maximum absolute atomic E-state index is 12.8. The Hall–Kier alpha value is -1.14. The second-order valence-corrected chi connectivity index (χ2v) is 4.11. The number of esters is 1. The number of hydrogen-bond acceptors (Lipinski definition) is 4. The fraction of sp³-hybridized carbons (Fsp3) is 0.300. The van der Waals surface area contributed by atoms with Gasteiger partial charge in [0, 0.05) is 10.6 Å². The molecule has 6 heteroatoms. The van der Waals surface area contributed by atoms with E-state index in [1.807, 2.05) is 0 Å². The van der Waals surface area contributed by atoms with Gasteiger partial charge in [-0.05, 0) is 18.2 Å². The molecule has 0 heterocycles. The van der Waals surface area contributed by atoms with E-state index in [9.17, 15) is 13.6 Å². The molecule has 0 saturated carbocycles. The molecule has 0 aliphatic heterocycles. The zero-order valence-corrected chi connectivity index (χ0v) is 9.39. The number of methoxy groups -OCH3 is 1. The van der Waals surface area contributed by atoms with Crippen LogP contribution in [0.2, 0.25) is 0 Å². The molecule has 88 valence electrons. The standard InChI is InChI=1S/C10H11F2NO2S/c1-15-10(14)9(13)5-16-6-2-3-7(11)8(12)4-6/h2-4,9H,5,13H2,1H3. The first-order chi connectivity index (χ1) is 7.54. The Morgan fingerprint density at radius 1 is 1.50 bits per heavy atom. The summed E-state index contributed by atoms with van der Waals surface area (Å²) in [4.78, 5) is 11.5. The lowest BCUT2D eigenvalue weighted by atomic mass is 10.3. The first-order valence-corrected chi connectivity index (χ1v) is 5.44. The van der Waals surface area contributed by atoms with Crippen molar-refractivity contribution in [3.05, 3.63) is 29.8 Å². The van der Waals surface area contributed by atoms with Crippen LogP contribution in [0.15, 0.2) is 23.1 Å². The number of carbonyl (C=O) groups is 1. The van der Waals surface area contributed by atoms with Gasteiger partial charge in [-0.1, -0.05) is 0 Å². The van der Waals surface area contributed by atoms with E-state index in [0.717, 1.165) is 23.9 Å². The Kier molecular flexibility index (Phi) is 4.70. The van der Waals surface area contributed by atoms with Gasteiger partial charge < -0.3 is 10.5 Å². The molecule has 1 atom stereocenters. The SMILES string of the molecule is COC(=O)C(N)CSc1ccc(F)c(F)c1. The van der Waals surface area contributed by atoms with Gasteiger partial charge in [-0.15, -0.1) is 11.8 Å². The molecule has 16 heavy (non-hydrogen) atoms. The van der Waals surface area contributed by atoms with Crippen LogP contribution in [0, 0.1) is 11.6 Å². The molecule has 0 saturated heterocycles. The Morgan fingerprint density at radius 3 is 2.75 bits per heavy atom. The summed E-state index contributed by atoms with van der Waals surface area (Å²) in [6.07, 6.45) is 0. The maximum Gasteiger partial charge on any atom is 0.323 e. The van der Waals surface area contributed by atoms with E-state index in [0.29, 0.717) is 4.90 Å². The average Bonchev–Trinajstić information content (AvgIpc) is 2.29. The number of thioether (sulfide) groups is 1. The molecule has 0 spiro atoms. The second-order valence-electron chi connectivity index (χ2n) is 3.02. The van der Waals surface area contributed by atoms with Gasteiger partial charge in [0.25, 0.3) is 0 Å². The number of nitrogens with two attached hydrogens (primary N) is 1. The predicted molar refractivity (Wildman–Crippen MR) is 57.1 cm³/mol. The molecule has 0 radical (unpaired) electrons. The van der Waals surface area contributed by atoms with Crippen molar-refractivity contribution in [1.29, 1.82) is 0 Å². The van der Waals surface area contributed by atoms with Crippen molar-refractivity contribution < 1.29 is 18.3 Å². The third-order valence-corrected chi connectivity index (χ3v) is 2.94. The molecule has 2 N–H and O–H groups in total. The van der Waals surface area contributed by atoms with E-state index in [4.69, 9.17) is 5.73 Å². The minimum absolute atomic E-state index is 0.248. The summed E-state index contributed by atoms with van der Waals surface area (Å²) in [6, 6.07) is 2.74. The first kappa shape index (κ1) is 12.9. The van der Waals surface area contributed by atoms with E-state index in [1.54, 1.807) is 0 Å². The summed E-state index contributed by atoms with van der Waals surface area (Å²) in [5.41, 5.74) is 5.48. The fourth-order valence-corrected chi connectivity index (χ4v) is 1.83. The normalized spacial score (nSPS) is 12.2. The van der Waals surface area contributed by atoms with Gasteiger partial charge in [-0.25, -0.2) is 8.78 Å².